The first-order valence-corrected chi connectivity index (χ1v) is 7.47. The molecule has 1 aromatic heterocycles. The molecule has 21 heavy (non-hydrogen) atoms. The van der Waals surface area contributed by atoms with Crippen molar-refractivity contribution in [3.63, 3.8) is 0 Å². The van der Waals surface area contributed by atoms with Crippen LogP contribution in [0.25, 0.3) is 11.0 Å². The fraction of sp³-hybridized carbons (Fsp3) is 0.250. The van der Waals surface area contributed by atoms with Crippen molar-refractivity contribution >= 4 is 50.7 Å². The van der Waals surface area contributed by atoms with Crippen LogP contribution in [0.1, 0.15) is 0 Å². The maximum Gasteiger partial charge on any atom is 0.325 e. The summed E-state index contributed by atoms with van der Waals surface area (Å²) in [6.07, 6.45) is 0. The second-order valence-corrected chi connectivity index (χ2v) is 5.79. The predicted molar refractivity (Wildman–Crippen MR) is 77.8 cm³/mol. The minimum Gasteiger partial charge on any atom is -0.481 e. The molecule has 0 radical (unpaired) electrons. The molecule has 6 nitrogen and oxygen atoms in total. The molecular weight excluding hydrogens is 367 g/mol. The highest BCUT2D eigenvalue weighted by Crippen LogP contribution is 2.28. The van der Waals surface area contributed by atoms with E-state index in [0.717, 1.165) is 11.8 Å². The van der Waals surface area contributed by atoms with Crippen LogP contribution in [-0.2, 0) is 20.9 Å². The number of esters is 1. The number of carbonyl (C=O) groups is 2. The Labute approximate surface area is 131 Å². The highest BCUT2D eigenvalue weighted by atomic mass is 79.9. The van der Waals surface area contributed by atoms with Crippen molar-refractivity contribution in [3.8, 4) is 0 Å². The minimum absolute atomic E-state index is 0.132. The highest BCUT2D eigenvalue weighted by Gasteiger charge is 2.17. The van der Waals surface area contributed by atoms with Crippen molar-refractivity contribution in [1.82, 2.24) is 9.55 Å². The molecule has 2 aromatic rings. The van der Waals surface area contributed by atoms with Gasteiger partial charge >= 0.3 is 11.9 Å². The third kappa shape index (κ3) is 3.53. The summed E-state index contributed by atoms with van der Waals surface area (Å²) in [7, 11) is 1.25. The topological polar surface area (TPSA) is 81.4 Å². The normalized spacial score (nSPS) is 10.8. The van der Waals surface area contributed by atoms with Gasteiger partial charge in [-0.15, -0.1) is 0 Å². The van der Waals surface area contributed by atoms with Crippen LogP contribution in [0.5, 0.6) is 0 Å². The van der Waals surface area contributed by atoms with Gasteiger partial charge < -0.3 is 14.4 Å². The fourth-order valence-electron chi connectivity index (χ4n) is 1.68. The van der Waals surface area contributed by atoms with Crippen molar-refractivity contribution in [2.75, 3.05) is 12.9 Å². The van der Waals surface area contributed by atoms with Crippen molar-refractivity contribution in [2.45, 2.75) is 11.7 Å². The number of hydrogen-bond donors (Lipinski definition) is 1. The third-order valence-corrected chi connectivity index (χ3v) is 4.16. The van der Waals surface area contributed by atoms with E-state index in [-0.39, 0.29) is 16.8 Å². The zero-order valence-corrected chi connectivity index (χ0v) is 13.2. The second kappa shape index (κ2) is 6.44. The lowest BCUT2D eigenvalue weighted by Gasteiger charge is -2.06. The molecule has 0 aliphatic carbocycles. The molecule has 1 aromatic carbocycles. The summed E-state index contributed by atoms with van der Waals surface area (Å²) in [5, 5.41) is 9.05. The number of carbonyl (C=O) groups excluding carboxylic acids is 1. The van der Waals surface area contributed by atoms with E-state index in [1.165, 1.54) is 23.8 Å². The molecule has 0 saturated heterocycles. The second-order valence-electron chi connectivity index (χ2n) is 3.99. The van der Waals surface area contributed by atoms with E-state index in [1.807, 2.05) is 0 Å². The molecule has 0 saturated carbocycles. The maximum atomic E-state index is 13.5. The Bertz CT molecular complexity index is 719. The molecule has 0 amide bonds. The van der Waals surface area contributed by atoms with Crippen LogP contribution in [0, 0.1) is 5.82 Å². The van der Waals surface area contributed by atoms with Gasteiger partial charge in [0.1, 0.15) is 12.4 Å². The van der Waals surface area contributed by atoms with E-state index >= 15 is 0 Å². The number of nitrogens with zero attached hydrogens (tertiary/aromatic N) is 2. The molecule has 0 aliphatic rings. The number of fused-ring (bicyclic) bond motifs is 1. The fourth-order valence-corrected chi connectivity index (χ4v) is 2.75. The zero-order valence-electron chi connectivity index (χ0n) is 10.8. The molecule has 0 fully saturated rings. The van der Waals surface area contributed by atoms with Gasteiger partial charge in [-0.2, -0.15) is 0 Å². The first-order chi connectivity index (χ1) is 9.92. The van der Waals surface area contributed by atoms with Gasteiger partial charge in [0.05, 0.1) is 28.4 Å². The molecule has 2 rings (SSSR count). The van der Waals surface area contributed by atoms with Gasteiger partial charge in [0.25, 0.3) is 0 Å². The van der Waals surface area contributed by atoms with Crippen LogP contribution >= 0.6 is 27.7 Å². The lowest BCUT2D eigenvalue weighted by molar-refractivity contribution is -0.141. The molecule has 1 N–H and O–H groups in total. The smallest absolute Gasteiger partial charge is 0.325 e. The van der Waals surface area contributed by atoms with Crippen molar-refractivity contribution < 1.29 is 23.8 Å². The Hall–Kier alpha value is -1.61. The van der Waals surface area contributed by atoms with Crippen molar-refractivity contribution in [1.29, 1.82) is 0 Å². The molecule has 112 valence electrons. The average molecular weight is 377 g/mol. The van der Waals surface area contributed by atoms with Gasteiger partial charge in [0, 0.05) is 6.07 Å². The maximum absolute atomic E-state index is 13.5. The van der Waals surface area contributed by atoms with Gasteiger partial charge in [-0.1, -0.05) is 11.8 Å². The molecule has 9 heteroatoms. The van der Waals surface area contributed by atoms with E-state index in [4.69, 9.17) is 5.11 Å². The Balaban J connectivity index is 2.51. The summed E-state index contributed by atoms with van der Waals surface area (Å²) in [6, 6.07) is 2.71. The van der Waals surface area contributed by atoms with Gasteiger partial charge in [-0.05, 0) is 22.0 Å². The van der Waals surface area contributed by atoms with Crippen LogP contribution < -0.4 is 0 Å². The number of thioether (sulfide) groups is 1. The number of carboxylic acid groups (broad SMARTS) is 1. The van der Waals surface area contributed by atoms with E-state index in [2.05, 4.69) is 25.7 Å². The number of halogens is 2. The number of aromatic nitrogens is 2. The van der Waals surface area contributed by atoms with Crippen LogP contribution in [0.2, 0.25) is 0 Å². The lowest BCUT2D eigenvalue weighted by Crippen LogP contribution is -2.13. The molecule has 0 spiro atoms. The van der Waals surface area contributed by atoms with Gasteiger partial charge in [0.2, 0.25) is 0 Å². The summed E-state index contributed by atoms with van der Waals surface area (Å²) in [5.74, 6) is -2.22. The Morgan fingerprint density at radius 3 is 2.86 bits per heavy atom. The summed E-state index contributed by atoms with van der Waals surface area (Å²) < 4.78 is 19.9. The Morgan fingerprint density at radius 1 is 1.52 bits per heavy atom. The first kappa shape index (κ1) is 15.8. The predicted octanol–water partition coefficient (Wildman–Crippen LogP) is 2.29. The zero-order chi connectivity index (χ0) is 15.6. The van der Waals surface area contributed by atoms with Gasteiger partial charge in [-0.3, -0.25) is 9.59 Å². The van der Waals surface area contributed by atoms with Crippen LogP contribution in [0.4, 0.5) is 4.39 Å². The van der Waals surface area contributed by atoms with E-state index < -0.39 is 17.8 Å². The van der Waals surface area contributed by atoms with Crippen LogP contribution in [0.15, 0.2) is 21.8 Å². The largest absolute Gasteiger partial charge is 0.481 e. The summed E-state index contributed by atoms with van der Waals surface area (Å²) in [5.41, 5.74) is 0.856. The number of benzene rings is 1. The molecule has 0 bridgehead atoms. The SMILES string of the molecule is COC(=O)Cn1c(SCC(=O)O)nc2cc(F)c(Br)cc21. The molecule has 0 unspecified atom stereocenters. The number of ether oxygens (including phenoxy) is 1. The highest BCUT2D eigenvalue weighted by molar-refractivity contribution is 9.10. The molecule has 0 aliphatic heterocycles. The quantitative estimate of drug-likeness (QED) is 0.636. The number of rotatable bonds is 5. The van der Waals surface area contributed by atoms with Crippen molar-refractivity contribution in [2.24, 2.45) is 0 Å². The van der Waals surface area contributed by atoms with Gasteiger partial charge in [0.15, 0.2) is 5.16 Å². The van der Waals surface area contributed by atoms with E-state index in [9.17, 15) is 14.0 Å². The summed E-state index contributed by atoms with van der Waals surface area (Å²) in [4.78, 5) is 26.3. The molecule has 1 heterocycles. The number of methoxy groups -OCH3 is 1. The molecular formula is C12H10BrFN2O4S. The monoisotopic (exact) mass is 376 g/mol. The lowest BCUT2D eigenvalue weighted by atomic mass is 10.3. The summed E-state index contributed by atoms with van der Waals surface area (Å²) >= 11 is 4.02. The number of aliphatic carboxylic acids is 1. The third-order valence-electron chi connectivity index (χ3n) is 2.59. The standard InChI is InChI=1S/C12H10BrFN2O4S/c1-20-11(19)4-16-9-2-6(13)7(14)3-8(9)15-12(16)21-5-10(17)18/h2-3H,4-5H2,1H3,(H,17,18). The Morgan fingerprint density at radius 2 is 2.24 bits per heavy atom. The molecule has 0 atom stereocenters. The van der Waals surface area contributed by atoms with Gasteiger partial charge in [-0.25, -0.2) is 9.37 Å². The van der Waals surface area contributed by atoms with Crippen molar-refractivity contribution in [3.05, 3.63) is 22.4 Å². The average Bonchev–Trinajstić information content (AvgIpc) is 2.74. The van der Waals surface area contributed by atoms with E-state index in [1.54, 1.807) is 0 Å². The van der Waals surface area contributed by atoms with Crippen LogP contribution in [0.3, 0.4) is 0 Å². The number of imidazole rings is 1. The van der Waals surface area contributed by atoms with E-state index in [0.29, 0.717) is 16.2 Å². The first-order valence-electron chi connectivity index (χ1n) is 5.69. The van der Waals surface area contributed by atoms with Crippen LogP contribution in [-0.4, -0.2) is 39.5 Å². The number of hydrogen-bond acceptors (Lipinski definition) is 5. The minimum atomic E-state index is -1.01. The number of carboxylic acids is 1. The Kier molecular flexibility index (Phi) is 4.84. The summed E-state index contributed by atoms with van der Waals surface area (Å²) in [6.45, 7) is -0.132.